The quantitative estimate of drug-likeness (QED) is 0.514. The summed E-state index contributed by atoms with van der Waals surface area (Å²) in [6, 6.07) is 13.9. The molecule has 1 saturated heterocycles. The lowest BCUT2D eigenvalue weighted by atomic mass is 9.97. The van der Waals surface area contributed by atoms with Gasteiger partial charge in [-0.05, 0) is 54.8 Å². The number of benzene rings is 1. The minimum Gasteiger partial charge on any atom is -0.469 e. The average molecular weight is 404 g/mol. The highest BCUT2D eigenvalue weighted by Gasteiger charge is 2.27. The van der Waals surface area contributed by atoms with Gasteiger partial charge in [0, 0.05) is 30.8 Å². The lowest BCUT2D eigenvalue weighted by Gasteiger charge is -2.31. The smallest absolute Gasteiger partial charge is 0.230 e. The summed E-state index contributed by atoms with van der Waals surface area (Å²) in [6.07, 6.45) is 5.58. The number of hydrogen-bond donors (Lipinski definition) is 0. The topological polar surface area (TPSA) is 63.6 Å². The zero-order valence-corrected chi connectivity index (χ0v) is 16.4. The van der Waals surface area contributed by atoms with Crippen LogP contribution in [0.4, 0.5) is 4.39 Å². The molecule has 4 aromatic rings. The minimum absolute atomic E-state index is 0.0619. The van der Waals surface area contributed by atoms with Crippen LogP contribution in [-0.2, 0) is 11.2 Å². The summed E-state index contributed by atoms with van der Waals surface area (Å²) in [7, 11) is 0. The number of likely N-dealkylation sites (tertiary alicyclic amines) is 1. The van der Waals surface area contributed by atoms with Crippen LogP contribution in [0, 0.1) is 5.82 Å². The van der Waals surface area contributed by atoms with Crippen molar-refractivity contribution in [3.05, 3.63) is 78.4 Å². The molecule has 3 aromatic heterocycles. The zero-order chi connectivity index (χ0) is 20.5. The molecular formula is C23H21FN4O2. The Bertz CT molecular complexity index is 1190. The van der Waals surface area contributed by atoms with Gasteiger partial charge in [-0.2, -0.15) is 5.10 Å². The normalized spacial score (nSPS) is 16.8. The molecule has 0 aliphatic carbocycles. The predicted molar refractivity (Wildman–Crippen MR) is 109 cm³/mol. The number of furan rings is 1. The Kier molecular flexibility index (Phi) is 4.78. The highest BCUT2D eigenvalue weighted by molar-refractivity contribution is 5.78. The van der Waals surface area contributed by atoms with Crippen molar-refractivity contribution in [2.75, 3.05) is 13.1 Å². The summed E-state index contributed by atoms with van der Waals surface area (Å²) in [4.78, 5) is 19.2. The lowest BCUT2D eigenvalue weighted by Crippen LogP contribution is -2.40. The van der Waals surface area contributed by atoms with Crippen LogP contribution in [0.25, 0.3) is 16.8 Å². The molecule has 0 saturated carbocycles. The summed E-state index contributed by atoms with van der Waals surface area (Å²) >= 11 is 0. The molecule has 1 aromatic carbocycles. The number of hydrogen-bond acceptors (Lipinski definition) is 4. The molecule has 1 aliphatic heterocycles. The fourth-order valence-corrected chi connectivity index (χ4v) is 4.00. The van der Waals surface area contributed by atoms with Crippen molar-refractivity contribution in [1.29, 1.82) is 0 Å². The number of halogens is 1. The summed E-state index contributed by atoms with van der Waals surface area (Å²) < 4.78 is 20.6. The molecule has 1 atom stereocenters. The number of carbonyl (C=O) groups is 1. The number of carbonyl (C=O) groups excluding carboxylic acids is 1. The standard InChI is InChI=1S/C23H21FN4O2/c24-19-6-1-4-16(12-19)17-8-9-21-25-23(26-28(21)15-17)18-5-2-10-27(14-18)22(29)13-20-7-3-11-30-20/h1,3-4,6-9,11-12,15,18H,2,5,10,13-14H2. The van der Waals surface area contributed by atoms with Gasteiger partial charge in [0.25, 0.3) is 0 Å². The van der Waals surface area contributed by atoms with Gasteiger partial charge >= 0.3 is 0 Å². The van der Waals surface area contributed by atoms with Gasteiger partial charge in [0.05, 0.1) is 12.7 Å². The van der Waals surface area contributed by atoms with E-state index >= 15 is 0 Å². The maximum Gasteiger partial charge on any atom is 0.230 e. The van der Waals surface area contributed by atoms with Crippen LogP contribution in [0.2, 0.25) is 0 Å². The number of nitrogens with zero attached hydrogens (tertiary/aromatic N) is 4. The number of piperidine rings is 1. The summed E-state index contributed by atoms with van der Waals surface area (Å²) in [5.41, 5.74) is 2.41. The van der Waals surface area contributed by atoms with Crippen molar-refractivity contribution >= 4 is 11.6 Å². The second-order valence-corrected chi connectivity index (χ2v) is 7.64. The molecule has 1 unspecified atom stereocenters. The third kappa shape index (κ3) is 3.70. The fourth-order valence-electron chi connectivity index (χ4n) is 4.00. The zero-order valence-electron chi connectivity index (χ0n) is 16.4. The largest absolute Gasteiger partial charge is 0.469 e. The van der Waals surface area contributed by atoms with E-state index in [1.165, 1.54) is 12.1 Å². The van der Waals surface area contributed by atoms with E-state index in [1.54, 1.807) is 22.9 Å². The fraction of sp³-hybridized carbons (Fsp3) is 0.261. The Hall–Kier alpha value is -3.48. The monoisotopic (exact) mass is 404 g/mol. The highest BCUT2D eigenvalue weighted by atomic mass is 19.1. The number of pyridine rings is 1. The Morgan fingerprint density at radius 2 is 2.10 bits per heavy atom. The molecule has 1 fully saturated rings. The van der Waals surface area contributed by atoms with Gasteiger partial charge in [-0.1, -0.05) is 12.1 Å². The van der Waals surface area contributed by atoms with E-state index in [4.69, 9.17) is 4.42 Å². The van der Waals surface area contributed by atoms with Crippen LogP contribution in [0.3, 0.4) is 0 Å². The predicted octanol–water partition coefficient (Wildman–Crippen LogP) is 4.08. The second kappa shape index (κ2) is 7.74. The first kappa shape index (κ1) is 18.5. The first-order valence-corrected chi connectivity index (χ1v) is 10.1. The number of fused-ring (bicyclic) bond motifs is 1. The van der Waals surface area contributed by atoms with Crippen molar-refractivity contribution < 1.29 is 13.6 Å². The van der Waals surface area contributed by atoms with E-state index in [2.05, 4.69) is 10.1 Å². The molecule has 30 heavy (non-hydrogen) atoms. The summed E-state index contributed by atoms with van der Waals surface area (Å²) in [6.45, 7) is 1.35. The van der Waals surface area contributed by atoms with Gasteiger partial charge in [-0.15, -0.1) is 0 Å². The maximum atomic E-state index is 13.6. The molecule has 0 bridgehead atoms. The van der Waals surface area contributed by atoms with Crippen LogP contribution < -0.4 is 0 Å². The highest BCUT2D eigenvalue weighted by Crippen LogP contribution is 2.27. The third-order valence-electron chi connectivity index (χ3n) is 5.55. The molecule has 0 spiro atoms. The van der Waals surface area contributed by atoms with Gasteiger partial charge in [0.1, 0.15) is 11.6 Å². The van der Waals surface area contributed by atoms with E-state index in [-0.39, 0.29) is 24.1 Å². The third-order valence-corrected chi connectivity index (χ3v) is 5.55. The number of amides is 1. The first-order valence-electron chi connectivity index (χ1n) is 10.1. The molecule has 5 rings (SSSR count). The van der Waals surface area contributed by atoms with E-state index < -0.39 is 0 Å². The van der Waals surface area contributed by atoms with Crippen LogP contribution >= 0.6 is 0 Å². The van der Waals surface area contributed by atoms with Crippen molar-refractivity contribution in [3.63, 3.8) is 0 Å². The molecule has 1 aliphatic rings. The minimum atomic E-state index is -0.270. The molecule has 0 N–H and O–H groups in total. The summed E-state index contributed by atoms with van der Waals surface area (Å²) in [5.74, 6) is 1.30. The molecular weight excluding hydrogens is 383 g/mol. The van der Waals surface area contributed by atoms with Crippen LogP contribution in [0.5, 0.6) is 0 Å². The van der Waals surface area contributed by atoms with Gasteiger partial charge in [-0.3, -0.25) is 4.79 Å². The van der Waals surface area contributed by atoms with Crippen molar-refractivity contribution in [2.24, 2.45) is 0 Å². The molecule has 0 radical (unpaired) electrons. The lowest BCUT2D eigenvalue weighted by molar-refractivity contribution is -0.132. The SMILES string of the molecule is O=C(Cc1ccco1)N1CCCC(c2nc3ccc(-c4cccc(F)c4)cn3n2)C1. The second-order valence-electron chi connectivity index (χ2n) is 7.64. The maximum absolute atomic E-state index is 13.6. The number of aromatic nitrogens is 3. The Labute approximate surface area is 173 Å². The molecule has 6 nitrogen and oxygen atoms in total. The molecule has 1 amide bonds. The molecule has 152 valence electrons. The Morgan fingerprint density at radius 3 is 2.93 bits per heavy atom. The Morgan fingerprint density at radius 1 is 1.17 bits per heavy atom. The molecule has 4 heterocycles. The van der Waals surface area contributed by atoms with Gasteiger partial charge in [0.2, 0.25) is 5.91 Å². The summed E-state index contributed by atoms with van der Waals surface area (Å²) in [5, 5.41) is 4.67. The van der Waals surface area contributed by atoms with Crippen LogP contribution in [-0.4, -0.2) is 38.5 Å². The van der Waals surface area contributed by atoms with E-state index in [0.29, 0.717) is 12.3 Å². The first-order chi connectivity index (χ1) is 14.7. The average Bonchev–Trinajstić information content (AvgIpc) is 3.43. The van der Waals surface area contributed by atoms with E-state index in [0.717, 1.165) is 42.0 Å². The number of rotatable bonds is 4. The Balaban J connectivity index is 1.35. The van der Waals surface area contributed by atoms with Crippen molar-refractivity contribution in [3.8, 4) is 11.1 Å². The van der Waals surface area contributed by atoms with Crippen molar-refractivity contribution in [1.82, 2.24) is 19.5 Å². The van der Waals surface area contributed by atoms with E-state index in [9.17, 15) is 9.18 Å². The van der Waals surface area contributed by atoms with Gasteiger partial charge < -0.3 is 9.32 Å². The van der Waals surface area contributed by atoms with Gasteiger partial charge in [0.15, 0.2) is 11.5 Å². The van der Waals surface area contributed by atoms with Gasteiger partial charge in [-0.25, -0.2) is 13.9 Å². The van der Waals surface area contributed by atoms with Crippen molar-refractivity contribution in [2.45, 2.75) is 25.2 Å². The van der Waals surface area contributed by atoms with Crippen LogP contribution in [0.15, 0.2) is 65.4 Å². The van der Waals surface area contributed by atoms with Crippen LogP contribution in [0.1, 0.15) is 30.3 Å². The van der Waals surface area contributed by atoms with E-state index in [1.807, 2.05) is 35.4 Å². The molecule has 7 heteroatoms.